The summed E-state index contributed by atoms with van der Waals surface area (Å²) < 4.78 is 12.8. The summed E-state index contributed by atoms with van der Waals surface area (Å²) in [6.07, 6.45) is -0.335. The van der Waals surface area contributed by atoms with Crippen LogP contribution in [0.2, 0.25) is 5.02 Å². The van der Waals surface area contributed by atoms with E-state index in [1.165, 1.54) is 0 Å². The van der Waals surface area contributed by atoms with Crippen molar-refractivity contribution in [1.82, 2.24) is 9.78 Å². The minimum Gasteiger partial charge on any atom is -0.497 e. The van der Waals surface area contributed by atoms with Gasteiger partial charge < -0.3 is 19.6 Å². The van der Waals surface area contributed by atoms with Crippen LogP contribution < -0.4 is 14.8 Å². The molecule has 0 spiro atoms. The number of nitrogens with zero attached hydrogens (tertiary/aromatic N) is 3. The molecule has 4 rings (SSSR count). The fourth-order valence-corrected chi connectivity index (χ4v) is 3.91. The average Bonchev–Trinajstić information content (AvgIpc) is 3.42. The van der Waals surface area contributed by atoms with Crippen LogP contribution in [0.1, 0.15) is 34.5 Å². The minimum atomic E-state index is -0.712. The number of aryl methyl sites for hydroxylation is 3. The maximum atomic E-state index is 12.9. The number of ether oxygens (including phenoxy) is 2. The Kier molecular flexibility index (Phi) is 6.79. The summed E-state index contributed by atoms with van der Waals surface area (Å²) in [5.41, 5.74) is 5.61. The van der Waals surface area contributed by atoms with Gasteiger partial charge in [0, 0.05) is 11.4 Å². The number of methoxy groups -OCH3 is 1. The zero-order valence-corrected chi connectivity index (χ0v) is 20.6. The summed E-state index contributed by atoms with van der Waals surface area (Å²) in [6.45, 7) is 7.80. The highest BCUT2D eigenvalue weighted by atomic mass is 35.5. The van der Waals surface area contributed by atoms with E-state index in [1.54, 1.807) is 11.8 Å². The second kappa shape index (κ2) is 9.77. The van der Waals surface area contributed by atoms with E-state index in [-0.39, 0.29) is 12.6 Å². The Morgan fingerprint density at radius 1 is 1.15 bits per heavy atom. The number of nitrogens with one attached hydrogen (secondary N) is 1. The fourth-order valence-electron chi connectivity index (χ4n) is 3.80. The molecule has 1 aromatic heterocycles. The first-order valence-corrected chi connectivity index (χ1v) is 11.3. The summed E-state index contributed by atoms with van der Waals surface area (Å²) in [7, 11) is 1.61. The van der Waals surface area contributed by atoms with Crippen LogP contribution in [0.3, 0.4) is 0 Å². The number of anilines is 1. The molecule has 0 saturated heterocycles. The van der Waals surface area contributed by atoms with Crippen molar-refractivity contribution in [1.29, 1.82) is 0 Å². The van der Waals surface area contributed by atoms with Gasteiger partial charge in [0.05, 0.1) is 29.9 Å². The third-order valence-electron chi connectivity index (χ3n) is 5.78. The summed E-state index contributed by atoms with van der Waals surface area (Å²) in [4.78, 5) is 18.3. The van der Waals surface area contributed by atoms with E-state index < -0.39 is 6.10 Å². The van der Waals surface area contributed by atoms with E-state index >= 15 is 0 Å². The Morgan fingerprint density at radius 2 is 1.82 bits per heavy atom. The molecule has 0 saturated carbocycles. The Hall–Kier alpha value is -3.52. The van der Waals surface area contributed by atoms with Crippen molar-refractivity contribution in [3.8, 4) is 11.5 Å². The highest BCUT2D eigenvalue weighted by Gasteiger charge is 2.30. The number of aromatic nitrogens is 2. The van der Waals surface area contributed by atoms with Gasteiger partial charge in [-0.1, -0.05) is 16.8 Å². The number of halogens is 1. The van der Waals surface area contributed by atoms with Gasteiger partial charge in [-0.2, -0.15) is 5.10 Å². The van der Waals surface area contributed by atoms with E-state index in [2.05, 4.69) is 15.6 Å². The summed E-state index contributed by atoms with van der Waals surface area (Å²) in [6, 6.07) is 11.3. The van der Waals surface area contributed by atoms with Gasteiger partial charge in [-0.15, -0.1) is 0 Å². The lowest BCUT2D eigenvalue weighted by Crippen LogP contribution is -2.28. The van der Waals surface area contributed by atoms with Gasteiger partial charge in [0.25, 0.3) is 5.91 Å². The Balaban J connectivity index is 1.39. The van der Waals surface area contributed by atoms with Crippen molar-refractivity contribution in [2.75, 3.05) is 12.4 Å². The van der Waals surface area contributed by atoms with Crippen molar-refractivity contribution in [2.45, 2.75) is 47.0 Å². The number of rotatable bonds is 7. The highest BCUT2D eigenvalue weighted by Crippen LogP contribution is 2.27. The first kappa shape index (κ1) is 23.6. The predicted octanol–water partition coefficient (Wildman–Crippen LogP) is 4.95. The molecular formula is C25H27ClN4O4. The summed E-state index contributed by atoms with van der Waals surface area (Å²) in [5, 5.41) is 12.3. The largest absolute Gasteiger partial charge is 0.497 e. The molecule has 0 bridgehead atoms. The molecule has 1 N–H and O–H groups in total. The number of carbonyl (C=O) groups excluding carboxylic acids is 1. The van der Waals surface area contributed by atoms with Gasteiger partial charge in [-0.3, -0.25) is 4.79 Å². The van der Waals surface area contributed by atoms with Crippen molar-refractivity contribution in [3.05, 3.63) is 69.5 Å². The molecule has 3 aromatic rings. The van der Waals surface area contributed by atoms with Gasteiger partial charge in [0.2, 0.25) is 6.10 Å². The van der Waals surface area contributed by atoms with Crippen LogP contribution in [0, 0.1) is 27.7 Å². The third kappa shape index (κ3) is 4.87. The first-order valence-electron chi connectivity index (χ1n) is 10.9. The lowest BCUT2D eigenvalue weighted by molar-refractivity contribution is -0.125. The van der Waals surface area contributed by atoms with Crippen molar-refractivity contribution in [3.63, 3.8) is 0 Å². The maximum absolute atomic E-state index is 12.9. The number of amides is 1. The maximum Gasteiger partial charge on any atom is 0.268 e. The van der Waals surface area contributed by atoms with Crippen molar-refractivity contribution >= 4 is 28.9 Å². The van der Waals surface area contributed by atoms with Crippen LogP contribution >= 0.6 is 11.6 Å². The second-order valence-corrected chi connectivity index (χ2v) is 8.62. The molecule has 0 aliphatic carbocycles. The number of benzene rings is 2. The van der Waals surface area contributed by atoms with Gasteiger partial charge in [0.15, 0.2) is 6.73 Å². The molecule has 0 radical (unpaired) electrons. The van der Waals surface area contributed by atoms with E-state index in [9.17, 15) is 4.79 Å². The van der Waals surface area contributed by atoms with Crippen LogP contribution in [-0.4, -0.2) is 34.6 Å². The smallest absolute Gasteiger partial charge is 0.268 e. The van der Waals surface area contributed by atoms with E-state index in [0.29, 0.717) is 29.3 Å². The quantitative estimate of drug-likeness (QED) is 0.515. The molecule has 2 aromatic carbocycles. The average molecular weight is 483 g/mol. The van der Waals surface area contributed by atoms with Crippen LogP contribution in [0.15, 0.2) is 41.6 Å². The minimum absolute atomic E-state index is 0.202. The molecule has 2 heterocycles. The van der Waals surface area contributed by atoms with Crippen LogP contribution in [0.5, 0.6) is 11.5 Å². The second-order valence-electron chi connectivity index (χ2n) is 8.24. The Morgan fingerprint density at radius 3 is 2.47 bits per heavy atom. The monoisotopic (exact) mass is 482 g/mol. The number of carbonyl (C=O) groups is 1. The normalized spacial score (nSPS) is 15.0. The van der Waals surface area contributed by atoms with E-state index in [0.717, 1.165) is 33.2 Å². The predicted molar refractivity (Wildman–Crippen MR) is 131 cm³/mol. The lowest BCUT2D eigenvalue weighted by Gasteiger charge is -2.12. The number of hydrogen-bond donors (Lipinski definition) is 1. The van der Waals surface area contributed by atoms with Gasteiger partial charge in [0.1, 0.15) is 11.5 Å². The van der Waals surface area contributed by atoms with E-state index in [4.69, 9.17) is 25.9 Å². The topological polar surface area (TPSA) is 87.0 Å². The molecule has 1 aliphatic rings. The molecular weight excluding hydrogens is 456 g/mol. The van der Waals surface area contributed by atoms with Crippen LogP contribution in [-0.2, 0) is 16.4 Å². The molecule has 0 fully saturated rings. The SMILES string of the molecule is COc1ccc(C2=NOC(C(=O)Nc3c(C)nn(COc4cc(C)c(Cl)c(C)c4)c3C)C2)cc1. The molecule has 1 atom stereocenters. The highest BCUT2D eigenvalue weighted by molar-refractivity contribution is 6.32. The zero-order valence-electron chi connectivity index (χ0n) is 19.8. The Bertz CT molecular complexity index is 1230. The van der Waals surface area contributed by atoms with Crippen LogP contribution in [0.25, 0.3) is 0 Å². The summed E-state index contributed by atoms with van der Waals surface area (Å²) >= 11 is 6.24. The van der Waals surface area contributed by atoms with Crippen molar-refractivity contribution in [2.24, 2.45) is 5.16 Å². The molecule has 9 heteroatoms. The zero-order chi connectivity index (χ0) is 24.4. The molecule has 8 nitrogen and oxygen atoms in total. The molecule has 178 valence electrons. The standard InChI is InChI=1S/C25H27ClN4O4/c1-14-10-20(11-15(2)23(14)26)33-13-30-17(4)24(16(3)28-30)27-25(31)22-12-21(29-34-22)18-6-8-19(32-5)9-7-18/h6-11,22H,12-13H2,1-5H3,(H,27,31). The molecule has 1 aliphatic heterocycles. The Labute approximate surface area is 203 Å². The molecule has 1 unspecified atom stereocenters. The lowest BCUT2D eigenvalue weighted by atomic mass is 10.0. The van der Waals surface area contributed by atoms with Crippen molar-refractivity contribution < 1.29 is 19.1 Å². The van der Waals surface area contributed by atoms with Gasteiger partial charge >= 0.3 is 0 Å². The van der Waals surface area contributed by atoms with E-state index in [1.807, 2.05) is 64.1 Å². The first-order chi connectivity index (χ1) is 16.3. The molecule has 1 amide bonds. The number of hydrogen-bond acceptors (Lipinski definition) is 6. The van der Waals surface area contributed by atoms with Gasteiger partial charge in [-0.25, -0.2) is 4.68 Å². The number of oxime groups is 1. The van der Waals surface area contributed by atoms with Crippen LogP contribution in [0.4, 0.5) is 5.69 Å². The molecule has 34 heavy (non-hydrogen) atoms. The fraction of sp³-hybridized carbons (Fsp3) is 0.320. The summed E-state index contributed by atoms with van der Waals surface area (Å²) in [5.74, 6) is 1.19. The third-order valence-corrected chi connectivity index (χ3v) is 6.37. The van der Waals surface area contributed by atoms with Gasteiger partial charge in [-0.05, 0) is 80.8 Å².